The topological polar surface area (TPSA) is 178 Å². The Morgan fingerprint density at radius 2 is 2.06 bits per heavy atom. The molecule has 6 atom stereocenters. The summed E-state index contributed by atoms with van der Waals surface area (Å²) in [5.74, 6) is -0.574. The molecule has 35 heavy (non-hydrogen) atoms. The molecular formula is C21H26N3O10P. The summed E-state index contributed by atoms with van der Waals surface area (Å²) in [6, 6.07) is 7.92. The Bertz CT molecular complexity index is 1220. The number of esters is 1. The fraction of sp³-hybridized carbons (Fsp3) is 0.381. The van der Waals surface area contributed by atoms with Gasteiger partial charge in [0, 0.05) is 12.3 Å². The van der Waals surface area contributed by atoms with Crippen LogP contribution in [0.2, 0.25) is 0 Å². The van der Waals surface area contributed by atoms with Crippen LogP contribution in [0.1, 0.15) is 13.2 Å². The average Bonchev–Trinajstić information content (AvgIpc) is 3.08. The molecule has 0 saturated carbocycles. The van der Waals surface area contributed by atoms with Crippen LogP contribution in [-0.4, -0.2) is 63.3 Å². The molecule has 1 aromatic carbocycles. The molecule has 1 aliphatic rings. The van der Waals surface area contributed by atoms with Gasteiger partial charge in [-0.25, -0.2) is 9.36 Å². The van der Waals surface area contributed by atoms with Crippen LogP contribution in [0.3, 0.4) is 0 Å². The zero-order chi connectivity index (χ0) is 25.8. The van der Waals surface area contributed by atoms with Crippen molar-refractivity contribution in [3.05, 3.63) is 76.1 Å². The smallest absolute Gasteiger partial charge is 0.459 e. The highest BCUT2D eigenvalue weighted by atomic mass is 31.2. The van der Waals surface area contributed by atoms with E-state index in [1.165, 1.54) is 19.1 Å². The Morgan fingerprint density at radius 3 is 2.66 bits per heavy atom. The molecule has 1 aliphatic heterocycles. The minimum Gasteiger partial charge on any atom is -0.468 e. The van der Waals surface area contributed by atoms with Crippen molar-refractivity contribution in [3.8, 4) is 5.75 Å². The number of nitrogens with zero attached hydrogens (tertiary/aromatic N) is 1. The first-order valence-electron chi connectivity index (χ1n) is 10.4. The molecule has 2 unspecified atom stereocenters. The van der Waals surface area contributed by atoms with Gasteiger partial charge in [-0.2, -0.15) is 5.09 Å². The molecule has 2 heterocycles. The maximum Gasteiger partial charge on any atom is 0.459 e. The minimum atomic E-state index is -4.27. The van der Waals surface area contributed by atoms with Crippen LogP contribution in [0.25, 0.3) is 0 Å². The third-order valence-electron chi connectivity index (χ3n) is 5.24. The van der Waals surface area contributed by atoms with Crippen molar-refractivity contribution < 1.29 is 38.1 Å². The lowest BCUT2D eigenvalue weighted by Crippen LogP contribution is -2.47. The van der Waals surface area contributed by atoms with Gasteiger partial charge in [0.05, 0.1) is 13.7 Å². The average molecular weight is 511 g/mol. The van der Waals surface area contributed by atoms with Crippen molar-refractivity contribution >= 4 is 13.7 Å². The van der Waals surface area contributed by atoms with Crippen molar-refractivity contribution in [2.24, 2.45) is 0 Å². The summed E-state index contributed by atoms with van der Waals surface area (Å²) in [6.07, 6.45) is -2.45. The highest BCUT2D eigenvalue weighted by molar-refractivity contribution is 7.52. The molecule has 2 aromatic rings. The molecule has 1 fully saturated rings. The number of nitrogens with one attached hydrogen (secondary N) is 2. The Balaban J connectivity index is 1.84. The van der Waals surface area contributed by atoms with E-state index in [4.69, 9.17) is 13.8 Å². The lowest BCUT2D eigenvalue weighted by atomic mass is 9.94. The Labute approximate surface area is 199 Å². The quantitative estimate of drug-likeness (QED) is 0.193. The number of hydrogen-bond acceptors (Lipinski definition) is 10. The number of H-pyrrole nitrogens is 1. The Hall–Kier alpha value is -3.06. The van der Waals surface area contributed by atoms with Gasteiger partial charge >= 0.3 is 19.4 Å². The second-order valence-electron chi connectivity index (χ2n) is 7.65. The van der Waals surface area contributed by atoms with E-state index in [1.54, 1.807) is 18.2 Å². The number of carbonyl (C=O) groups excluding carboxylic acids is 1. The Morgan fingerprint density at radius 1 is 1.37 bits per heavy atom. The number of aromatic amines is 1. The molecule has 4 N–H and O–H groups in total. The number of rotatable bonds is 10. The summed E-state index contributed by atoms with van der Waals surface area (Å²) in [5, 5.41) is 24.2. The van der Waals surface area contributed by atoms with Gasteiger partial charge in [0.25, 0.3) is 5.56 Å². The maximum absolute atomic E-state index is 13.5. The van der Waals surface area contributed by atoms with Crippen LogP contribution in [0, 0.1) is 0 Å². The summed E-state index contributed by atoms with van der Waals surface area (Å²) in [7, 11) is -3.11. The number of methoxy groups -OCH3 is 1. The first-order chi connectivity index (χ1) is 16.5. The summed E-state index contributed by atoms with van der Waals surface area (Å²) >= 11 is 0. The van der Waals surface area contributed by atoms with Crippen LogP contribution in [0.5, 0.6) is 5.75 Å². The summed E-state index contributed by atoms with van der Waals surface area (Å²) in [6.45, 7) is 4.27. The molecule has 0 spiro atoms. The van der Waals surface area contributed by atoms with Crippen LogP contribution < -0.4 is 20.9 Å². The molecule has 14 heteroatoms. The molecular weight excluding hydrogens is 485 g/mol. The number of benzene rings is 1. The van der Waals surface area contributed by atoms with E-state index < -0.39 is 61.7 Å². The predicted octanol–water partition coefficient (Wildman–Crippen LogP) is 0.0668. The molecule has 1 aromatic heterocycles. The van der Waals surface area contributed by atoms with Gasteiger partial charge < -0.3 is 24.2 Å². The lowest BCUT2D eigenvalue weighted by molar-refractivity contribution is -0.142. The van der Waals surface area contributed by atoms with Gasteiger partial charge in [-0.1, -0.05) is 30.9 Å². The SMILES string of the molecule is C=C[C@]1(O)C(n2ccc(=O)[nH]c2=O)O[C@H](COP(=O)(N[C@@H](C)C(=O)OC)Oc2ccccc2)[C@H]1O. The summed E-state index contributed by atoms with van der Waals surface area (Å²) in [5.41, 5.74) is -3.74. The number of hydrogen-bond donors (Lipinski definition) is 4. The van der Waals surface area contributed by atoms with Crippen molar-refractivity contribution in [2.75, 3.05) is 13.7 Å². The van der Waals surface area contributed by atoms with E-state index in [2.05, 4.69) is 16.4 Å². The molecule has 190 valence electrons. The number of aliphatic hydroxyl groups is 2. The first kappa shape index (κ1) is 26.5. The normalized spacial score (nSPS) is 26.5. The van der Waals surface area contributed by atoms with Crippen LogP contribution in [0.15, 0.2) is 64.8 Å². The second-order valence-corrected chi connectivity index (χ2v) is 9.35. The predicted molar refractivity (Wildman–Crippen MR) is 122 cm³/mol. The number of para-hydroxylation sites is 1. The van der Waals surface area contributed by atoms with Crippen LogP contribution in [-0.2, 0) is 23.4 Å². The molecule has 0 radical (unpaired) electrons. The number of carbonyl (C=O) groups is 1. The molecule has 3 rings (SSSR count). The van der Waals surface area contributed by atoms with Gasteiger partial charge in [-0.3, -0.25) is 23.7 Å². The van der Waals surface area contributed by atoms with Crippen LogP contribution >= 0.6 is 7.75 Å². The fourth-order valence-corrected chi connectivity index (χ4v) is 4.90. The second kappa shape index (κ2) is 10.7. The largest absolute Gasteiger partial charge is 0.468 e. The zero-order valence-corrected chi connectivity index (χ0v) is 19.8. The third-order valence-corrected chi connectivity index (χ3v) is 6.88. The summed E-state index contributed by atoms with van der Waals surface area (Å²) in [4.78, 5) is 37.5. The number of aliphatic hydroxyl groups excluding tert-OH is 1. The van der Waals surface area contributed by atoms with Crippen LogP contribution in [0.4, 0.5) is 0 Å². The maximum atomic E-state index is 13.5. The van der Waals surface area contributed by atoms with Crippen molar-refractivity contribution in [3.63, 3.8) is 0 Å². The highest BCUT2D eigenvalue weighted by Gasteiger charge is 2.55. The van der Waals surface area contributed by atoms with Crippen molar-refractivity contribution in [1.82, 2.24) is 14.6 Å². The number of ether oxygens (including phenoxy) is 2. The van der Waals surface area contributed by atoms with E-state index in [9.17, 15) is 29.2 Å². The van der Waals surface area contributed by atoms with E-state index in [0.29, 0.717) is 0 Å². The Kier molecular flexibility index (Phi) is 8.11. The molecule has 0 amide bonds. The van der Waals surface area contributed by atoms with E-state index in [1.807, 2.05) is 4.98 Å². The van der Waals surface area contributed by atoms with E-state index in [-0.39, 0.29) is 5.75 Å². The lowest BCUT2D eigenvalue weighted by Gasteiger charge is -2.28. The fourth-order valence-electron chi connectivity index (χ4n) is 3.39. The van der Waals surface area contributed by atoms with Crippen molar-refractivity contribution in [1.29, 1.82) is 0 Å². The van der Waals surface area contributed by atoms with E-state index in [0.717, 1.165) is 30.0 Å². The van der Waals surface area contributed by atoms with Gasteiger partial charge in [-0.15, -0.1) is 0 Å². The molecule has 13 nitrogen and oxygen atoms in total. The number of aromatic nitrogens is 2. The monoisotopic (exact) mass is 511 g/mol. The molecule has 0 bridgehead atoms. The molecule has 0 aliphatic carbocycles. The standard InChI is InChI=1S/C21H26N3O10P/c1-4-21(29)17(26)15(33-19(21)24-11-10-16(25)22-20(24)28)12-32-35(30,23-13(2)18(27)31-3)34-14-8-6-5-7-9-14/h4-11,13,15,17,19,26,29H,1,12H2,2-3H3,(H,23,30)(H,22,25,28)/t13-,15+,17+,19?,21+,35?/m0/s1. The third kappa shape index (κ3) is 5.78. The van der Waals surface area contributed by atoms with Gasteiger partial charge in [0.2, 0.25) is 0 Å². The van der Waals surface area contributed by atoms with Crippen molar-refractivity contribution in [2.45, 2.75) is 37.0 Å². The highest BCUT2D eigenvalue weighted by Crippen LogP contribution is 2.47. The van der Waals surface area contributed by atoms with Gasteiger partial charge in [-0.05, 0) is 19.1 Å². The molecule has 1 saturated heterocycles. The van der Waals surface area contributed by atoms with Gasteiger partial charge in [0.1, 0.15) is 24.0 Å². The zero-order valence-electron chi connectivity index (χ0n) is 18.9. The van der Waals surface area contributed by atoms with E-state index >= 15 is 0 Å². The van der Waals surface area contributed by atoms with Gasteiger partial charge in [0.15, 0.2) is 11.8 Å². The summed E-state index contributed by atoms with van der Waals surface area (Å²) < 4.78 is 35.6. The first-order valence-corrected chi connectivity index (χ1v) is 11.9. The minimum absolute atomic E-state index is 0.161.